The lowest BCUT2D eigenvalue weighted by molar-refractivity contribution is 0.619. The standard InChI is InChI=1S/C17H18N2O/c1-11(2)9-12-3-8-16-15(10-12)19-17(20-16)13-4-6-14(18)7-5-13/h3-8,10-11H,9,18H2,1-2H3. The molecule has 0 saturated carbocycles. The minimum Gasteiger partial charge on any atom is -0.436 e. The fourth-order valence-electron chi connectivity index (χ4n) is 2.32. The van der Waals surface area contributed by atoms with Gasteiger partial charge in [0, 0.05) is 11.3 Å². The molecule has 1 heterocycles. The second kappa shape index (κ2) is 5.00. The van der Waals surface area contributed by atoms with Crippen molar-refractivity contribution in [3.8, 4) is 11.5 Å². The zero-order valence-electron chi connectivity index (χ0n) is 11.8. The Labute approximate surface area is 118 Å². The van der Waals surface area contributed by atoms with E-state index >= 15 is 0 Å². The number of rotatable bonds is 3. The Morgan fingerprint density at radius 2 is 1.85 bits per heavy atom. The molecule has 3 nitrogen and oxygen atoms in total. The van der Waals surface area contributed by atoms with Crippen LogP contribution >= 0.6 is 0 Å². The van der Waals surface area contributed by atoms with Gasteiger partial charge in [0.2, 0.25) is 5.89 Å². The highest BCUT2D eigenvalue weighted by Crippen LogP contribution is 2.26. The average molecular weight is 266 g/mol. The molecular weight excluding hydrogens is 248 g/mol. The Bertz CT molecular complexity index is 726. The van der Waals surface area contributed by atoms with Crippen LogP contribution in [0.25, 0.3) is 22.6 Å². The number of hydrogen-bond acceptors (Lipinski definition) is 3. The lowest BCUT2D eigenvalue weighted by atomic mass is 10.0. The summed E-state index contributed by atoms with van der Waals surface area (Å²) in [4.78, 5) is 4.57. The summed E-state index contributed by atoms with van der Waals surface area (Å²) in [6.45, 7) is 4.43. The predicted octanol–water partition coefficient (Wildman–Crippen LogP) is 4.28. The van der Waals surface area contributed by atoms with Crippen LogP contribution in [0.15, 0.2) is 46.9 Å². The number of fused-ring (bicyclic) bond motifs is 1. The molecule has 0 aliphatic carbocycles. The van der Waals surface area contributed by atoms with E-state index in [0.717, 1.165) is 28.8 Å². The first kappa shape index (κ1) is 12.7. The number of anilines is 1. The number of nitrogen functional groups attached to an aromatic ring is 1. The average Bonchev–Trinajstić information content (AvgIpc) is 2.81. The van der Waals surface area contributed by atoms with Gasteiger partial charge in [-0.1, -0.05) is 19.9 Å². The second-order valence-corrected chi connectivity index (χ2v) is 5.54. The normalized spacial score (nSPS) is 11.3. The second-order valence-electron chi connectivity index (χ2n) is 5.54. The third-order valence-electron chi connectivity index (χ3n) is 3.25. The topological polar surface area (TPSA) is 52.0 Å². The molecule has 0 spiro atoms. The van der Waals surface area contributed by atoms with Crippen molar-refractivity contribution in [1.82, 2.24) is 4.98 Å². The van der Waals surface area contributed by atoms with E-state index < -0.39 is 0 Å². The number of aromatic nitrogens is 1. The van der Waals surface area contributed by atoms with Crippen LogP contribution in [-0.2, 0) is 6.42 Å². The summed E-state index contributed by atoms with van der Waals surface area (Å²) in [7, 11) is 0. The van der Waals surface area contributed by atoms with Crippen molar-refractivity contribution in [1.29, 1.82) is 0 Å². The number of nitrogens with two attached hydrogens (primary N) is 1. The van der Waals surface area contributed by atoms with Gasteiger partial charge in [-0.05, 0) is 54.3 Å². The molecule has 1 aromatic heterocycles. The van der Waals surface area contributed by atoms with E-state index in [0.29, 0.717) is 11.8 Å². The number of oxazole rings is 1. The van der Waals surface area contributed by atoms with Gasteiger partial charge >= 0.3 is 0 Å². The zero-order chi connectivity index (χ0) is 14.1. The molecule has 20 heavy (non-hydrogen) atoms. The van der Waals surface area contributed by atoms with Crippen molar-refractivity contribution in [3.05, 3.63) is 48.0 Å². The van der Waals surface area contributed by atoms with E-state index in [2.05, 4.69) is 31.0 Å². The van der Waals surface area contributed by atoms with Crippen LogP contribution < -0.4 is 5.73 Å². The van der Waals surface area contributed by atoms with Crippen LogP contribution in [0, 0.1) is 5.92 Å². The first-order valence-corrected chi connectivity index (χ1v) is 6.87. The summed E-state index contributed by atoms with van der Waals surface area (Å²) in [6, 6.07) is 13.8. The van der Waals surface area contributed by atoms with Gasteiger partial charge in [-0.2, -0.15) is 0 Å². The molecule has 2 N–H and O–H groups in total. The maximum Gasteiger partial charge on any atom is 0.227 e. The Kier molecular flexibility index (Phi) is 3.18. The Hall–Kier alpha value is -2.29. The van der Waals surface area contributed by atoms with Crippen LogP contribution in [0.4, 0.5) is 5.69 Å². The Morgan fingerprint density at radius 3 is 2.55 bits per heavy atom. The Balaban J connectivity index is 1.99. The van der Waals surface area contributed by atoms with Gasteiger partial charge in [-0.15, -0.1) is 0 Å². The van der Waals surface area contributed by atoms with Gasteiger partial charge in [-0.25, -0.2) is 4.98 Å². The predicted molar refractivity (Wildman–Crippen MR) is 82.4 cm³/mol. The minimum atomic E-state index is 0.635. The van der Waals surface area contributed by atoms with Gasteiger partial charge in [0.1, 0.15) is 5.52 Å². The lowest BCUT2D eigenvalue weighted by Crippen LogP contribution is -1.93. The van der Waals surface area contributed by atoms with Crippen molar-refractivity contribution in [2.24, 2.45) is 5.92 Å². The summed E-state index contributed by atoms with van der Waals surface area (Å²) in [6.07, 6.45) is 1.06. The highest BCUT2D eigenvalue weighted by Gasteiger charge is 2.09. The monoisotopic (exact) mass is 266 g/mol. The van der Waals surface area contributed by atoms with E-state index in [9.17, 15) is 0 Å². The molecule has 0 saturated heterocycles. The molecule has 2 aromatic carbocycles. The van der Waals surface area contributed by atoms with E-state index in [1.54, 1.807) is 0 Å². The largest absolute Gasteiger partial charge is 0.436 e. The summed E-state index contributed by atoms with van der Waals surface area (Å²) in [5.74, 6) is 1.28. The SMILES string of the molecule is CC(C)Cc1ccc2oc(-c3ccc(N)cc3)nc2c1. The van der Waals surface area contributed by atoms with E-state index in [4.69, 9.17) is 10.2 Å². The molecule has 3 heteroatoms. The van der Waals surface area contributed by atoms with Gasteiger partial charge in [-0.3, -0.25) is 0 Å². The van der Waals surface area contributed by atoms with Gasteiger partial charge in [0.05, 0.1) is 0 Å². The maximum absolute atomic E-state index is 5.80. The highest BCUT2D eigenvalue weighted by molar-refractivity contribution is 5.77. The van der Waals surface area contributed by atoms with Crippen LogP contribution in [0.2, 0.25) is 0 Å². The number of benzene rings is 2. The van der Waals surface area contributed by atoms with Crippen LogP contribution in [-0.4, -0.2) is 4.98 Å². The fraction of sp³-hybridized carbons (Fsp3) is 0.235. The Morgan fingerprint density at radius 1 is 1.10 bits per heavy atom. The summed E-state index contributed by atoms with van der Waals surface area (Å²) < 4.78 is 5.80. The smallest absolute Gasteiger partial charge is 0.227 e. The minimum absolute atomic E-state index is 0.635. The molecule has 0 bridgehead atoms. The van der Waals surface area contributed by atoms with E-state index in [1.807, 2.05) is 30.3 Å². The molecular formula is C17H18N2O. The van der Waals surface area contributed by atoms with Crippen LogP contribution in [0.1, 0.15) is 19.4 Å². The molecule has 0 unspecified atom stereocenters. The van der Waals surface area contributed by atoms with Crippen molar-refractivity contribution in [2.45, 2.75) is 20.3 Å². The third kappa shape index (κ3) is 2.52. The zero-order valence-corrected chi connectivity index (χ0v) is 11.8. The molecule has 3 rings (SSSR count). The molecule has 0 aliphatic rings. The summed E-state index contributed by atoms with van der Waals surface area (Å²) in [5.41, 5.74) is 10.4. The first-order chi connectivity index (χ1) is 9.61. The molecule has 102 valence electrons. The highest BCUT2D eigenvalue weighted by atomic mass is 16.3. The third-order valence-corrected chi connectivity index (χ3v) is 3.25. The van der Waals surface area contributed by atoms with E-state index in [-0.39, 0.29) is 0 Å². The summed E-state index contributed by atoms with van der Waals surface area (Å²) >= 11 is 0. The van der Waals surface area contributed by atoms with Crippen LogP contribution in [0.3, 0.4) is 0 Å². The van der Waals surface area contributed by atoms with Gasteiger partial charge in [0.25, 0.3) is 0 Å². The fourth-order valence-corrected chi connectivity index (χ4v) is 2.32. The van der Waals surface area contributed by atoms with Crippen molar-refractivity contribution in [3.63, 3.8) is 0 Å². The van der Waals surface area contributed by atoms with Crippen molar-refractivity contribution >= 4 is 16.8 Å². The number of hydrogen-bond donors (Lipinski definition) is 1. The van der Waals surface area contributed by atoms with Crippen molar-refractivity contribution in [2.75, 3.05) is 5.73 Å². The van der Waals surface area contributed by atoms with Gasteiger partial charge < -0.3 is 10.2 Å². The molecule has 0 fully saturated rings. The van der Waals surface area contributed by atoms with Crippen LogP contribution in [0.5, 0.6) is 0 Å². The first-order valence-electron chi connectivity index (χ1n) is 6.87. The van der Waals surface area contributed by atoms with Gasteiger partial charge in [0.15, 0.2) is 5.58 Å². The molecule has 0 atom stereocenters. The maximum atomic E-state index is 5.80. The molecule has 0 aliphatic heterocycles. The molecule has 0 radical (unpaired) electrons. The molecule has 3 aromatic rings. The molecule has 0 amide bonds. The number of nitrogens with zero attached hydrogens (tertiary/aromatic N) is 1. The quantitative estimate of drug-likeness (QED) is 0.720. The van der Waals surface area contributed by atoms with E-state index in [1.165, 1.54) is 5.56 Å². The lowest BCUT2D eigenvalue weighted by Gasteiger charge is -2.03. The summed E-state index contributed by atoms with van der Waals surface area (Å²) in [5, 5.41) is 0. The van der Waals surface area contributed by atoms with Crippen molar-refractivity contribution < 1.29 is 4.42 Å².